The van der Waals surface area contributed by atoms with E-state index in [1.54, 1.807) is 0 Å². The molecule has 1 fully saturated rings. The van der Waals surface area contributed by atoms with Gasteiger partial charge >= 0.3 is 17.9 Å². The molecule has 0 aliphatic carbocycles. The van der Waals surface area contributed by atoms with E-state index in [2.05, 4.69) is 98.9 Å². The van der Waals surface area contributed by atoms with Gasteiger partial charge in [-0.25, -0.2) is 4.79 Å². The van der Waals surface area contributed by atoms with Gasteiger partial charge in [0.15, 0.2) is 18.5 Å². The topological polar surface area (TPSA) is 169 Å². The van der Waals surface area contributed by atoms with E-state index in [9.17, 15) is 34.8 Å². The predicted molar refractivity (Wildman–Crippen MR) is 238 cm³/mol. The number of aliphatic hydroxyl groups excluding tert-OH is 3. The Kier molecular flexibility index (Phi) is 34.8. The Morgan fingerprint density at radius 1 is 0.533 bits per heavy atom. The first-order valence-corrected chi connectivity index (χ1v) is 22.6. The molecule has 60 heavy (non-hydrogen) atoms. The van der Waals surface area contributed by atoms with Gasteiger partial charge in [-0.2, -0.15) is 0 Å². The van der Waals surface area contributed by atoms with Gasteiger partial charge in [0.1, 0.15) is 24.9 Å². The molecule has 0 aromatic rings. The number of esters is 2. The molecule has 1 heterocycles. The van der Waals surface area contributed by atoms with Crippen molar-refractivity contribution in [1.29, 1.82) is 0 Å². The molecule has 0 saturated carbocycles. The van der Waals surface area contributed by atoms with Crippen LogP contribution in [-0.4, -0.2) is 88.4 Å². The van der Waals surface area contributed by atoms with Crippen molar-refractivity contribution in [2.24, 2.45) is 0 Å². The number of aliphatic carboxylic acids is 1. The van der Waals surface area contributed by atoms with Crippen LogP contribution < -0.4 is 0 Å². The van der Waals surface area contributed by atoms with Crippen LogP contribution in [0.15, 0.2) is 85.1 Å². The fourth-order valence-corrected chi connectivity index (χ4v) is 6.17. The highest BCUT2D eigenvalue weighted by atomic mass is 16.7. The molecule has 11 heteroatoms. The summed E-state index contributed by atoms with van der Waals surface area (Å²) in [6.07, 6.45) is 40.6. The Morgan fingerprint density at radius 2 is 0.983 bits per heavy atom. The molecule has 0 aromatic heterocycles. The van der Waals surface area contributed by atoms with Crippen LogP contribution in [0.4, 0.5) is 0 Å². The SMILES string of the molecule is CC/C=C\C/C=C\C/C=C\C/C=C\C/C=C\CCCCCC(=O)OCC(COC1OC(C(=O)O)C(O)C(O)C1O)OC(=O)CCCCCCC/C=C\C/C=C\CCCCC. The van der Waals surface area contributed by atoms with Crippen LogP contribution in [0.3, 0.4) is 0 Å². The second-order valence-corrected chi connectivity index (χ2v) is 15.2. The first-order valence-electron chi connectivity index (χ1n) is 22.6. The first kappa shape index (κ1) is 54.4. The van der Waals surface area contributed by atoms with Crippen LogP contribution in [0.1, 0.15) is 155 Å². The third-order valence-electron chi connectivity index (χ3n) is 9.73. The average Bonchev–Trinajstić information content (AvgIpc) is 3.23. The number of carboxylic acid groups (broad SMARTS) is 1. The van der Waals surface area contributed by atoms with Crippen LogP contribution in [0.25, 0.3) is 0 Å². The van der Waals surface area contributed by atoms with Gasteiger partial charge in [0.25, 0.3) is 0 Å². The van der Waals surface area contributed by atoms with Gasteiger partial charge in [-0.1, -0.05) is 137 Å². The van der Waals surface area contributed by atoms with Crippen LogP contribution in [0, 0.1) is 0 Å². The minimum absolute atomic E-state index is 0.154. The Labute approximate surface area is 361 Å². The second-order valence-electron chi connectivity index (χ2n) is 15.2. The summed E-state index contributed by atoms with van der Waals surface area (Å²) in [7, 11) is 0. The Hall–Kier alpha value is -3.61. The molecule has 340 valence electrons. The van der Waals surface area contributed by atoms with E-state index >= 15 is 0 Å². The highest BCUT2D eigenvalue weighted by molar-refractivity contribution is 5.73. The molecule has 0 bridgehead atoms. The minimum atomic E-state index is -1.87. The number of carboxylic acids is 1. The molecule has 6 atom stereocenters. The Bertz CT molecular complexity index is 1310. The highest BCUT2D eigenvalue weighted by Gasteiger charge is 2.47. The monoisotopic (exact) mass is 843 g/mol. The van der Waals surface area contributed by atoms with Gasteiger partial charge in [-0.05, 0) is 89.9 Å². The molecule has 0 radical (unpaired) electrons. The summed E-state index contributed by atoms with van der Waals surface area (Å²) in [5.41, 5.74) is 0. The fourth-order valence-electron chi connectivity index (χ4n) is 6.17. The molecule has 1 saturated heterocycles. The van der Waals surface area contributed by atoms with Crippen LogP contribution in [0.5, 0.6) is 0 Å². The van der Waals surface area contributed by atoms with E-state index < -0.39 is 61.3 Å². The van der Waals surface area contributed by atoms with Crippen molar-refractivity contribution >= 4 is 17.9 Å². The van der Waals surface area contributed by atoms with Crippen molar-refractivity contribution in [3.63, 3.8) is 0 Å². The Balaban J connectivity index is 2.41. The zero-order chi connectivity index (χ0) is 43.9. The first-order chi connectivity index (χ1) is 29.2. The lowest BCUT2D eigenvalue weighted by molar-refractivity contribution is -0.298. The van der Waals surface area contributed by atoms with E-state index in [-0.39, 0.29) is 19.4 Å². The zero-order valence-electron chi connectivity index (χ0n) is 36.7. The summed E-state index contributed by atoms with van der Waals surface area (Å²) >= 11 is 0. The lowest BCUT2D eigenvalue weighted by atomic mass is 9.99. The minimum Gasteiger partial charge on any atom is -0.479 e. The van der Waals surface area contributed by atoms with E-state index in [1.807, 2.05) is 0 Å². The lowest BCUT2D eigenvalue weighted by Crippen LogP contribution is -2.60. The second kappa shape index (κ2) is 38.3. The average molecular weight is 843 g/mol. The number of carbonyl (C=O) groups excluding carboxylic acids is 2. The van der Waals surface area contributed by atoms with Gasteiger partial charge in [0.2, 0.25) is 0 Å². The number of rotatable bonds is 36. The van der Waals surface area contributed by atoms with Crippen molar-refractivity contribution < 1.29 is 53.8 Å². The van der Waals surface area contributed by atoms with Gasteiger partial charge < -0.3 is 39.4 Å². The number of allylic oxidation sites excluding steroid dienone is 14. The molecule has 1 aliphatic rings. The van der Waals surface area contributed by atoms with Crippen molar-refractivity contribution in [2.45, 2.75) is 192 Å². The lowest BCUT2D eigenvalue weighted by Gasteiger charge is -2.38. The number of hydrogen-bond acceptors (Lipinski definition) is 10. The molecule has 4 N–H and O–H groups in total. The van der Waals surface area contributed by atoms with E-state index in [0.717, 1.165) is 96.3 Å². The van der Waals surface area contributed by atoms with Crippen molar-refractivity contribution in [3.8, 4) is 0 Å². The van der Waals surface area contributed by atoms with Crippen LogP contribution in [-0.2, 0) is 33.3 Å². The summed E-state index contributed by atoms with van der Waals surface area (Å²) in [4.78, 5) is 36.8. The van der Waals surface area contributed by atoms with E-state index in [4.69, 9.17) is 18.9 Å². The van der Waals surface area contributed by atoms with E-state index in [0.29, 0.717) is 12.8 Å². The third-order valence-corrected chi connectivity index (χ3v) is 9.73. The van der Waals surface area contributed by atoms with Crippen molar-refractivity contribution in [2.75, 3.05) is 13.2 Å². The van der Waals surface area contributed by atoms with Gasteiger partial charge in [0, 0.05) is 12.8 Å². The maximum Gasteiger partial charge on any atom is 0.335 e. The molecule has 1 aliphatic heterocycles. The molecular weight excluding hydrogens is 765 g/mol. The maximum atomic E-state index is 12.8. The van der Waals surface area contributed by atoms with Gasteiger partial charge in [-0.3, -0.25) is 9.59 Å². The molecule has 6 unspecified atom stereocenters. The molecular formula is C49H78O11. The summed E-state index contributed by atoms with van der Waals surface area (Å²) in [5.74, 6) is -2.52. The van der Waals surface area contributed by atoms with Crippen LogP contribution >= 0.6 is 0 Å². The Morgan fingerprint density at radius 3 is 1.50 bits per heavy atom. The summed E-state index contributed by atoms with van der Waals surface area (Å²) in [5, 5.41) is 39.8. The zero-order valence-corrected chi connectivity index (χ0v) is 36.7. The molecule has 0 spiro atoms. The molecule has 0 aromatic carbocycles. The quantitative estimate of drug-likeness (QED) is 0.0269. The third kappa shape index (κ3) is 29.6. The van der Waals surface area contributed by atoms with Gasteiger partial charge in [0.05, 0.1) is 6.61 Å². The largest absolute Gasteiger partial charge is 0.479 e. The number of unbranched alkanes of at least 4 members (excludes halogenated alkanes) is 11. The highest BCUT2D eigenvalue weighted by Crippen LogP contribution is 2.23. The number of hydrogen-bond donors (Lipinski definition) is 4. The smallest absolute Gasteiger partial charge is 0.335 e. The number of carbonyl (C=O) groups is 3. The summed E-state index contributed by atoms with van der Waals surface area (Å²) in [6, 6.07) is 0. The normalized spacial score (nSPS) is 20.6. The summed E-state index contributed by atoms with van der Waals surface area (Å²) in [6.45, 7) is 3.62. The molecule has 0 amide bonds. The maximum absolute atomic E-state index is 12.8. The molecule has 1 rings (SSSR count). The van der Waals surface area contributed by atoms with Crippen molar-refractivity contribution in [1.82, 2.24) is 0 Å². The number of aliphatic hydroxyl groups is 3. The van der Waals surface area contributed by atoms with E-state index in [1.165, 1.54) is 19.3 Å². The predicted octanol–water partition coefficient (Wildman–Crippen LogP) is 9.87. The number of ether oxygens (including phenoxy) is 4. The van der Waals surface area contributed by atoms with Gasteiger partial charge in [-0.15, -0.1) is 0 Å². The summed E-state index contributed by atoms with van der Waals surface area (Å²) < 4.78 is 21.7. The van der Waals surface area contributed by atoms with Crippen molar-refractivity contribution in [3.05, 3.63) is 85.1 Å². The fraction of sp³-hybridized carbons (Fsp3) is 0.653. The standard InChI is InChI=1S/C49H78O11/c1-3-5-7-9-11-13-15-17-19-20-21-22-24-25-27-29-31-33-35-37-42(50)57-39-41(40-58-49-46(54)44(52)45(53)47(60-49)48(55)56)59-43(51)38-36-34-32-30-28-26-23-18-16-14-12-10-8-6-4-2/h5,7,11-14,17-19,21-23,25,27,41,44-47,49,52-54H,3-4,6,8-10,15-16,20,24,26,28-40H2,1-2H3,(H,55,56)/b7-5-,13-11-,14-12-,19-17-,22-21-,23-18-,27-25-. The molecule has 11 nitrogen and oxygen atoms in total. The van der Waals surface area contributed by atoms with Crippen LogP contribution in [0.2, 0.25) is 0 Å².